The molecule has 0 saturated carbocycles. The zero-order chi connectivity index (χ0) is 11.5. The second-order valence-electron chi connectivity index (χ2n) is 3.58. The average Bonchev–Trinajstić information content (AvgIpc) is 2.29. The lowest BCUT2D eigenvalue weighted by Crippen LogP contribution is -2.10. The molecule has 82 valence electrons. The van der Waals surface area contributed by atoms with Gasteiger partial charge in [-0.15, -0.1) is 0 Å². The van der Waals surface area contributed by atoms with Crippen molar-refractivity contribution in [2.24, 2.45) is 5.84 Å². The lowest BCUT2D eigenvalue weighted by molar-refractivity contribution is 1.07. The Balaban J connectivity index is 2.47. The van der Waals surface area contributed by atoms with Gasteiger partial charge in [0, 0.05) is 18.0 Å². The summed E-state index contributed by atoms with van der Waals surface area (Å²) < 4.78 is 0. The first-order valence-electron chi connectivity index (χ1n) is 4.94. The van der Waals surface area contributed by atoms with Crippen LogP contribution in [0.4, 0.5) is 5.82 Å². The summed E-state index contributed by atoms with van der Waals surface area (Å²) in [5.41, 5.74) is 5.20. The summed E-state index contributed by atoms with van der Waals surface area (Å²) in [7, 11) is 0. The molecule has 0 fully saturated rings. The summed E-state index contributed by atoms with van der Waals surface area (Å²) in [5.74, 6) is 6.49. The minimum atomic E-state index is 0.577. The second kappa shape index (κ2) is 4.24. The predicted molar refractivity (Wildman–Crippen MR) is 62.5 cm³/mol. The predicted octanol–water partition coefficient (Wildman–Crippen LogP) is 1.44. The van der Waals surface area contributed by atoms with Gasteiger partial charge in [-0.1, -0.05) is 6.07 Å². The van der Waals surface area contributed by atoms with E-state index in [0.717, 1.165) is 17.0 Å². The van der Waals surface area contributed by atoms with Crippen molar-refractivity contribution < 1.29 is 0 Å². The molecular formula is C11H13N5. The molecule has 0 aromatic carbocycles. The van der Waals surface area contributed by atoms with Crippen LogP contribution in [0.2, 0.25) is 0 Å². The molecule has 2 aromatic rings. The maximum absolute atomic E-state index is 5.33. The largest absolute Gasteiger partial charge is 0.308 e. The number of pyridine rings is 1. The standard InChI is InChI=1S/C11H13N5/c1-7-3-4-9(13-6-7)11-14-8(2)5-10(15-11)16-12/h3-6H,12H2,1-2H3,(H,14,15,16). The fourth-order valence-electron chi connectivity index (χ4n) is 1.36. The highest BCUT2D eigenvalue weighted by Gasteiger charge is 2.05. The van der Waals surface area contributed by atoms with Crippen LogP contribution in [0.5, 0.6) is 0 Å². The smallest absolute Gasteiger partial charge is 0.180 e. The molecule has 5 heteroatoms. The topological polar surface area (TPSA) is 76.7 Å². The van der Waals surface area contributed by atoms with Gasteiger partial charge in [-0.05, 0) is 25.5 Å². The molecule has 0 spiro atoms. The Hall–Kier alpha value is -2.01. The van der Waals surface area contributed by atoms with Crippen molar-refractivity contribution in [2.45, 2.75) is 13.8 Å². The number of nitrogens with zero attached hydrogens (tertiary/aromatic N) is 3. The first kappa shape index (κ1) is 10.5. The molecule has 0 unspecified atom stereocenters. The van der Waals surface area contributed by atoms with Crippen LogP contribution in [0, 0.1) is 13.8 Å². The summed E-state index contributed by atoms with van der Waals surface area (Å²) in [4.78, 5) is 12.8. The number of aryl methyl sites for hydroxylation is 2. The summed E-state index contributed by atoms with van der Waals surface area (Å²) in [5, 5.41) is 0. The van der Waals surface area contributed by atoms with E-state index < -0.39 is 0 Å². The Morgan fingerprint density at radius 3 is 2.62 bits per heavy atom. The normalized spacial score (nSPS) is 10.2. The Labute approximate surface area is 93.7 Å². The number of hydrogen-bond acceptors (Lipinski definition) is 5. The molecule has 0 aliphatic carbocycles. The van der Waals surface area contributed by atoms with Crippen molar-refractivity contribution in [3.05, 3.63) is 35.7 Å². The highest BCUT2D eigenvalue weighted by molar-refractivity contribution is 5.52. The van der Waals surface area contributed by atoms with Crippen LogP contribution in [-0.2, 0) is 0 Å². The van der Waals surface area contributed by atoms with Crippen molar-refractivity contribution in [3.8, 4) is 11.5 Å². The van der Waals surface area contributed by atoms with E-state index in [1.54, 1.807) is 12.3 Å². The molecule has 0 radical (unpaired) electrons. The summed E-state index contributed by atoms with van der Waals surface area (Å²) in [6.45, 7) is 3.88. The third-order valence-corrected chi connectivity index (χ3v) is 2.14. The van der Waals surface area contributed by atoms with Gasteiger partial charge in [0.15, 0.2) is 5.82 Å². The summed E-state index contributed by atoms with van der Waals surface area (Å²) in [6, 6.07) is 5.64. The lowest BCUT2D eigenvalue weighted by Gasteiger charge is -2.04. The Morgan fingerprint density at radius 1 is 1.19 bits per heavy atom. The van der Waals surface area contributed by atoms with E-state index in [-0.39, 0.29) is 0 Å². The number of hydrazine groups is 1. The Bertz CT molecular complexity index is 492. The van der Waals surface area contributed by atoms with Crippen LogP contribution < -0.4 is 11.3 Å². The van der Waals surface area contributed by atoms with Crippen molar-refractivity contribution in [1.82, 2.24) is 15.0 Å². The first-order valence-corrected chi connectivity index (χ1v) is 4.94. The molecular weight excluding hydrogens is 202 g/mol. The molecule has 0 aliphatic rings. The van der Waals surface area contributed by atoms with Gasteiger partial charge in [0.1, 0.15) is 11.5 Å². The monoisotopic (exact) mass is 215 g/mol. The third kappa shape index (κ3) is 2.14. The van der Waals surface area contributed by atoms with Gasteiger partial charge in [-0.25, -0.2) is 15.8 Å². The number of nitrogens with two attached hydrogens (primary N) is 1. The van der Waals surface area contributed by atoms with Gasteiger partial charge in [0.25, 0.3) is 0 Å². The van der Waals surface area contributed by atoms with Gasteiger partial charge in [0.05, 0.1) is 0 Å². The van der Waals surface area contributed by atoms with E-state index in [0.29, 0.717) is 11.6 Å². The van der Waals surface area contributed by atoms with Crippen molar-refractivity contribution >= 4 is 5.82 Å². The average molecular weight is 215 g/mol. The molecule has 2 rings (SSSR count). The highest BCUT2D eigenvalue weighted by Crippen LogP contribution is 2.15. The maximum Gasteiger partial charge on any atom is 0.180 e. The Morgan fingerprint density at radius 2 is 2.00 bits per heavy atom. The minimum Gasteiger partial charge on any atom is -0.308 e. The van der Waals surface area contributed by atoms with Crippen molar-refractivity contribution in [3.63, 3.8) is 0 Å². The van der Waals surface area contributed by atoms with Gasteiger partial charge in [-0.2, -0.15) is 0 Å². The molecule has 2 heterocycles. The molecule has 0 atom stereocenters. The van der Waals surface area contributed by atoms with Gasteiger partial charge in [-0.3, -0.25) is 4.98 Å². The molecule has 0 bridgehead atoms. The van der Waals surface area contributed by atoms with E-state index in [1.165, 1.54) is 0 Å². The van der Waals surface area contributed by atoms with E-state index in [9.17, 15) is 0 Å². The molecule has 0 aliphatic heterocycles. The highest BCUT2D eigenvalue weighted by atomic mass is 15.3. The fraction of sp³-hybridized carbons (Fsp3) is 0.182. The van der Waals surface area contributed by atoms with Crippen LogP contribution in [0.1, 0.15) is 11.3 Å². The number of hydrogen-bond donors (Lipinski definition) is 2. The lowest BCUT2D eigenvalue weighted by atomic mass is 10.2. The maximum atomic E-state index is 5.33. The van der Waals surface area contributed by atoms with Crippen LogP contribution in [-0.4, -0.2) is 15.0 Å². The number of rotatable bonds is 2. The Kier molecular flexibility index (Phi) is 2.78. The van der Waals surface area contributed by atoms with Crippen LogP contribution in [0.25, 0.3) is 11.5 Å². The van der Waals surface area contributed by atoms with E-state index in [2.05, 4.69) is 20.4 Å². The summed E-state index contributed by atoms with van der Waals surface area (Å²) >= 11 is 0. The minimum absolute atomic E-state index is 0.577. The molecule has 3 N–H and O–H groups in total. The van der Waals surface area contributed by atoms with Crippen LogP contribution in [0.15, 0.2) is 24.4 Å². The zero-order valence-corrected chi connectivity index (χ0v) is 9.23. The number of nitrogen functional groups attached to an aromatic ring is 1. The number of anilines is 1. The van der Waals surface area contributed by atoms with E-state index >= 15 is 0 Å². The van der Waals surface area contributed by atoms with E-state index in [1.807, 2.05) is 26.0 Å². The summed E-state index contributed by atoms with van der Waals surface area (Å²) in [6.07, 6.45) is 1.79. The van der Waals surface area contributed by atoms with Gasteiger partial charge >= 0.3 is 0 Å². The second-order valence-corrected chi connectivity index (χ2v) is 3.58. The molecule has 2 aromatic heterocycles. The first-order chi connectivity index (χ1) is 7.69. The third-order valence-electron chi connectivity index (χ3n) is 2.14. The molecule has 0 saturated heterocycles. The van der Waals surface area contributed by atoms with Gasteiger partial charge < -0.3 is 5.43 Å². The van der Waals surface area contributed by atoms with Crippen LogP contribution >= 0.6 is 0 Å². The van der Waals surface area contributed by atoms with E-state index in [4.69, 9.17) is 5.84 Å². The van der Waals surface area contributed by atoms with Crippen molar-refractivity contribution in [1.29, 1.82) is 0 Å². The van der Waals surface area contributed by atoms with Gasteiger partial charge in [0.2, 0.25) is 0 Å². The molecule has 5 nitrogen and oxygen atoms in total. The fourth-order valence-corrected chi connectivity index (χ4v) is 1.36. The zero-order valence-electron chi connectivity index (χ0n) is 9.23. The van der Waals surface area contributed by atoms with Crippen LogP contribution in [0.3, 0.4) is 0 Å². The molecule has 0 amide bonds. The molecule has 16 heavy (non-hydrogen) atoms. The quantitative estimate of drug-likeness (QED) is 0.585. The number of aromatic nitrogens is 3. The SMILES string of the molecule is Cc1ccc(-c2nc(C)cc(NN)n2)nc1. The number of nitrogens with one attached hydrogen (secondary N) is 1. The van der Waals surface area contributed by atoms with Crippen molar-refractivity contribution in [2.75, 3.05) is 5.43 Å².